The van der Waals surface area contributed by atoms with Gasteiger partial charge in [0.05, 0.1) is 5.56 Å². The Labute approximate surface area is 142 Å². The third-order valence-electron chi connectivity index (χ3n) is 3.57. The molecule has 25 heavy (non-hydrogen) atoms. The van der Waals surface area contributed by atoms with Gasteiger partial charge in [0.25, 0.3) is 0 Å². The average Bonchev–Trinajstić information content (AvgIpc) is 3.15. The first-order valence-corrected chi connectivity index (χ1v) is 7.90. The van der Waals surface area contributed by atoms with Crippen LogP contribution >= 0.6 is 11.3 Å². The van der Waals surface area contributed by atoms with Gasteiger partial charge >= 0.3 is 6.18 Å². The summed E-state index contributed by atoms with van der Waals surface area (Å²) in [5.41, 5.74) is 0.0181. The highest BCUT2D eigenvalue weighted by molar-refractivity contribution is 7.19. The second-order valence-corrected chi connectivity index (χ2v) is 6.14. The van der Waals surface area contributed by atoms with E-state index in [1.807, 2.05) is 0 Å². The first-order chi connectivity index (χ1) is 11.9. The Balaban J connectivity index is 1.78. The molecule has 0 aliphatic rings. The van der Waals surface area contributed by atoms with Crippen LogP contribution in [0.1, 0.15) is 5.56 Å². The Bertz CT molecular complexity index is 1050. The van der Waals surface area contributed by atoms with Crippen LogP contribution in [-0.2, 0) is 6.18 Å². The minimum atomic E-state index is -4.41. The zero-order valence-electron chi connectivity index (χ0n) is 12.3. The van der Waals surface area contributed by atoms with Gasteiger partial charge in [0.15, 0.2) is 10.8 Å². The standard InChI is InChI=1S/C16H8F4N4S/c17-12-4-2-1-3-11(12)14-23-24-13(21-22-15(24)25-14)9-5-7-10(8-6-9)16(18,19)20/h1-8H. The number of nitrogens with zero attached hydrogens (tertiary/aromatic N) is 4. The molecule has 0 fully saturated rings. The zero-order chi connectivity index (χ0) is 17.6. The predicted molar refractivity (Wildman–Crippen MR) is 84.5 cm³/mol. The monoisotopic (exact) mass is 364 g/mol. The molecule has 4 aromatic rings. The predicted octanol–water partition coefficient (Wildman–Crippen LogP) is 4.68. The van der Waals surface area contributed by atoms with E-state index in [0.717, 1.165) is 23.5 Å². The van der Waals surface area contributed by atoms with Crippen molar-refractivity contribution in [3.05, 3.63) is 59.9 Å². The summed E-state index contributed by atoms with van der Waals surface area (Å²) in [7, 11) is 0. The molecular formula is C16H8F4N4S. The third kappa shape index (κ3) is 2.76. The van der Waals surface area contributed by atoms with Gasteiger partial charge < -0.3 is 0 Å². The Morgan fingerprint density at radius 1 is 0.920 bits per heavy atom. The molecule has 0 atom stereocenters. The van der Waals surface area contributed by atoms with Gasteiger partial charge in [-0.25, -0.2) is 4.39 Å². The van der Waals surface area contributed by atoms with Gasteiger partial charge in [-0.15, -0.1) is 10.2 Å². The van der Waals surface area contributed by atoms with Crippen LogP contribution in [0.15, 0.2) is 48.5 Å². The van der Waals surface area contributed by atoms with E-state index in [0.29, 0.717) is 26.9 Å². The average molecular weight is 364 g/mol. The summed E-state index contributed by atoms with van der Waals surface area (Å²) in [6.07, 6.45) is -4.41. The fraction of sp³-hybridized carbons (Fsp3) is 0.0625. The lowest BCUT2D eigenvalue weighted by Crippen LogP contribution is -2.04. The van der Waals surface area contributed by atoms with Gasteiger partial charge in [-0.3, -0.25) is 0 Å². The number of halogens is 4. The van der Waals surface area contributed by atoms with Gasteiger partial charge in [0, 0.05) is 11.1 Å². The largest absolute Gasteiger partial charge is 0.416 e. The van der Waals surface area contributed by atoms with E-state index in [1.54, 1.807) is 18.2 Å². The maximum atomic E-state index is 13.9. The second kappa shape index (κ2) is 5.62. The second-order valence-electron chi connectivity index (χ2n) is 5.18. The van der Waals surface area contributed by atoms with E-state index in [4.69, 9.17) is 0 Å². The first kappa shape index (κ1) is 15.7. The summed E-state index contributed by atoms with van der Waals surface area (Å²) in [5.74, 6) is -0.119. The van der Waals surface area contributed by atoms with Crippen molar-refractivity contribution >= 4 is 16.3 Å². The summed E-state index contributed by atoms with van der Waals surface area (Å²) >= 11 is 1.15. The van der Waals surface area contributed by atoms with Crippen molar-refractivity contribution in [2.24, 2.45) is 0 Å². The van der Waals surface area contributed by atoms with Gasteiger partial charge in [-0.05, 0) is 24.3 Å². The smallest absolute Gasteiger partial charge is 0.206 e. The van der Waals surface area contributed by atoms with Crippen molar-refractivity contribution in [3.8, 4) is 22.0 Å². The van der Waals surface area contributed by atoms with Crippen molar-refractivity contribution in [3.63, 3.8) is 0 Å². The number of aromatic nitrogens is 4. The van der Waals surface area contributed by atoms with E-state index in [1.165, 1.54) is 22.7 Å². The number of alkyl halides is 3. The fourth-order valence-electron chi connectivity index (χ4n) is 2.35. The van der Waals surface area contributed by atoms with E-state index in [2.05, 4.69) is 15.3 Å². The van der Waals surface area contributed by atoms with Crippen LogP contribution in [0.2, 0.25) is 0 Å². The lowest BCUT2D eigenvalue weighted by Gasteiger charge is -2.06. The number of hydrogen-bond donors (Lipinski definition) is 0. The maximum absolute atomic E-state index is 13.9. The molecule has 0 saturated carbocycles. The van der Waals surface area contributed by atoms with Crippen LogP contribution in [-0.4, -0.2) is 19.8 Å². The number of hydrogen-bond acceptors (Lipinski definition) is 4. The lowest BCUT2D eigenvalue weighted by molar-refractivity contribution is -0.137. The van der Waals surface area contributed by atoms with Crippen LogP contribution < -0.4 is 0 Å². The Morgan fingerprint density at radius 2 is 1.64 bits per heavy atom. The molecular weight excluding hydrogens is 356 g/mol. The molecule has 9 heteroatoms. The maximum Gasteiger partial charge on any atom is 0.416 e. The molecule has 0 unspecified atom stereocenters. The van der Waals surface area contributed by atoms with Crippen molar-refractivity contribution in [1.82, 2.24) is 19.8 Å². The third-order valence-corrected chi connectivity index (χ3v) is 4.50. The topological polar surface area (TPSA) is 43.1 Å². The molecule has 2 heterocycles. The zero-order valence-corrected chi connectivity index (χ0v) is 13.1. The van der Waals surface area contributed by atoms with Crippen LogP contribution in [0.25, 0.3) is 26.9 Å². The van der Waals surface area contributed by atoms with E-state index >= 15 is 0 Å². The van der Waals surface area contributed by atoms with Crippen molar-refractivity contribution in [1.29, 1.82) is 0 Å². The molecule has 4 nitrogen and oxygen atoms in total. The fourth-order valence-corrected chi connectivity index (χ4v) is 3.22. The number of fused-ring (bicyclic) bond motifs is 1. The molecule has 2 aromatic carbocycles. The van der Waals surface area contributed by atoms with Crippen LogP contribution in [0.5, 0.6) is 0 Å². The Morgan fingerprint density at radius 3 is 2.32 bits per heavy atom. The van der Waals surface area contributed by atoms with Gasteiger partial charge in [0.1, 0.15) is 5.82 Å². The molecule has 0 amide bonds. The molecule has 0 saturated heterocycles. The molecule has 0 spiro atoms. The summed E-state index contributed by atoms with van der Waals surface area (Å²) in [6, 6.07) is 10.8. The highest BCUT2D eigenvalue weighted by Gasteiger charge is 2.30. The van der Waals surface area contributed by atoms with Crippen LogP contribution in [0.3, 0.4) is 0 Å². The molecule has 0 aliphatic carbocycles. The van der Waals surface area contributed by atoms with Gasteiger partial charge in [-0.2, -0.15) is 22.8 Å². The highest BCUT2D eigenvalue weighted by Crippen LogP contribution is 2.32. The van der Waals surface area contributed by atoms with Gasteiger partial charge in [0.2, 0.25) is 4.96 Å². The normalized spacial score (nSPS) is 12.0. The summed E-state index contributed by atoms with van der Waals surface area (Å²) in [4.78, 5) is 0.424. The lowest BCUT2D eigenvalue weighted by atomic mass is 10.1. The van der Waals surface area contributed by atoms with E-state index < -0.39 is 17.6 Å². The number of benzene rings is 2. The van der Waals surface area contributed by atoms with Crippen LogP contribution in [0.4, 0.5) is 17.6 Å². The molecule has 0 radical (unpaired) electrons. The Hall–Kier alpha value is -2.81. The first-order valence-electron chi connectivity index (χ1n) is 7.08. The van der Waals surface area contributed by atoms with Gasteiger partial charge in [-0.1, -0.05) is 35.6 Å². The van der Waals surface area contributed by atoms with Crippen LogP contribution in [0, 0.1) is 5.82 Å². The molecule has 4 rings (SSSR count). The SMILES string of the molecule is Fc1ccccc1-c1nn2c(-c3ccc(C(F)(F)F)cc3)nnc2s1. The van der Waals surface area contributed by atoms with E-state index in [-0.39, 0.29) is 0 Å². The minimum Gasteiger partial charge on any atom is -0.206 e. The van der Waals surface area contributed by atoms with Crippen molar-refractivity contribution in [2.75, 3.05) is 0 Å². The minimum absolute atomic E-state index is 0.294. The Kier molecular flexibility index (Phi) is 3.53. The molecule has 0 bridgehead atoms. The summed E-state index contributed by atoms with van der Waals surface area (Å²) in [6.45, 7) is 0. The molecule has 0 N–H and O–H groups in total. The quantitative estimate of drug-likeness (QED) is 0.485. The summed E-state index contributed by atoms with van der Waals surface area (Å²) < 4.78 is 53.3. The molecule has 126 valence electrons. The van der Waals surface area contributed by atoms with E-state index in [9.17, 15) is 17.6 Å². The number of rotatable bonds is 2. The molecule has 2 aromatic heterocycles. The highest BCUT2D eigenvalue weighted by atomic mass is 32.1. The molecule has 0 aliphatic heterocycles. The van der Waals surface area contributed by atoms with Crippen molar-refractivity contribution in [2.45, 2.75) is 6.18 Å². The van der Waals surface area contributed by atoms with Crippen molar-refractivity contribution < 1.29 is 17.6 Å². The summed E-state index contributed by atoms with van der Waals surface area (Å²) in [5, 5.41) is 12.6.